The molecule has 0 spiro atoms. The van der Waals surface area contributed by atoms with Crippen LogP contribution in [0, 0.1) is 11.8 Å². The molecule has 1 heteroatoms. The Bertz CT molecular complexity index is 138. The van der Waals surface area contributed by atoms with E-state index in [-0.39, 0.29) is 0 Å². The van der Waals surface area contributed by atoms with Crippen LogP contribution in [0.3, 0.4) is 0 Å². The zero-order chi connectivity index (χ0) is 10.3. The number of rotatable bonds is 7. The normalized spacial score (nSPS) is 13.3. The standard InChI is InChI=1S/C12H24O/c1-5-11(4)7-9-12(13)8-6-10(2)3/h10-11H,5-9H2,1-4H3/t11-/m0/s1. The van der Waals surface area contributed by atoms with E-state index in [0.717, 1.165) is 25.7 Å². The Kier molecular flexibility index (Phi) is 6.93. The van der Waals surface area contributed by atoms with E-state index in [9.17, 15) is 4.79 Å². The lowest BCUT2D eigenvalue weighted by atomic mass is 9.98. The summed E-state index contributed by atoms with van der Waals surface area (Å²) < 4.78 is 0. The van der Waals surface area contributed by atoms with Crippen LogP contribution in [0.15, 0.2) is 0 Å². The third-order valence-electron chi connectivity index (χ3n) is 2.61. The monoisotopic (exact) mass is 184 g/mol. The average molecular weight is 184 g/mol. The second-order valence-corrected chi connectivity index (χ2v) is 4.52. The van der Waals surface area contributed by atoms with E-state index in [1.165, 1.54) is 6.42 Å². The SMILES string of the molecule is CC[C@H](C)CCC(=O)CCC(C)C. The van der Waals surface area contributed by atoms with Crippen LogP contribution >= 0.6 is 0 Å². The summed E-state index contributed by atoms with van der Waals surface area (Å²) in [6.45, 7) is 8.74. The summed E-state index contributed by atoms with van der Waals surface area (Å²) >= 11 is 0. The summed E-state index contributed by atoms with van der Waals surface area (Å²) in [6, 6.07) is 0. The number of carbonyl (C=O) groups excluding carboxylic acids is 1. The highest BCUT2D eigenvalue weighted by molar-refractivity contribution is 5.78. The van der Waals surface area contributed by atoms with Gasteiger partial charge in [-0.05, 0) is 24.7 Å². The van der Waals surface area contributed by atoms with Gasteiger partial charge in [-0.1, -0.05) is 34.1 Å². The third kappa shape index (κ3) is 8.01. The summed E-state index contributed by atoms with van der Waals surface area (Å²) in [4.78, 5) is 11.4. The van der Waals surface area contributed by atoms with Gasteiger partial charge in [-0.25, -0.2) is 0 Å². The highest BCUT2D eigenvalue weighted by Crippen LogP contribution is 2.12. The van der Waals surface area contributed by atoms with Crippen molar-refractivity contribution in [2.24, 2.45) is 11.8 Å². The molecule has 1 nitrogen and oxygen atoms in total. The molecule has 0 saturated heterocycles. The lowest BCUT2D eigenvalue weighted by Gasteiger charge is -2.07. The van der Waals surface area contributed by atoms with Gasteiger partial charge in [0.15, 0.2) is 0 Å². The van der Waals surface area contributed by atoms with Gasteiger partial charge in [0.25, 0.3) is 0 Å². The van der Waals surface area contributed by atoms with E-state index in [1.54, 1.807) is 0 Å². The maximum absolute atomic E-state index is 11.4. The van der Waals surface area contributed by atoms with Crippen LogP contribution in [0.5, 0.6) is 0 Å². The van der Waals surface area contributed by atoms with Crippen molar-refractivity contribution < 1.29 is 4.79 Å². The van der Waals surface area contributed by atoms with Gasteiger partial charge in [-0.3, -0.25) is 4.79 Å². The number of hydrogen-bond donors (Lipinski definition) is 0. The van der Waals surface area contributed by atoms with Crippen LogP contribution in [0.2, 0.25) is 0 Å². The van der Waals surface area contributed by atoms with E-state index in [2.05, 4.69) is 27.7 Å². The molecule has 0 heterocycles. The maximum atomic E-state index is 11.4. The van der Waals surface area contributed by atoms with E-state index in [1.807, 2.05) is 0 Å². The quantitative estimate of drug-likeness (QED) is 0.588. The molecule has 0 aliphatic rings. The van der Waals surface area contributed by atoms with E-state index < -0.39 is 0 Å². The Morgan fingerprint density at radius 1 is 1.08 bits per heavy atom. The Labute approximate surface area is 82.9 Å². The van der Waals surface area contributed by atoms with Gasteiger partial charge in [-0.15, -0.1) is 0 Å². The van der Waals surface area contributed by atoms with Crippen LogP contribution in [0.4, 0.5) is 0 Å². The predicted molar refractivity (Wildman–Crippen MR) is 57.8 cm³/mol. The fourth-order valence-corrected chi connectivity index (χ4v) is 1.19. The summed E-state index contributed by atoms with van der Waals surface area (Å²) in [5.41, 5.74) is 0. The van der Waals surface area contributed by atoms with E-state index >= 15 is 0 Å². The van der Waals surface area contributed by atoms with Crippen molar-refractivity contribution in [2.45, 2.75) is 59.8 Å². The largest absolute Gasteiger partial charge is 0.300 e. The minimum absolute atomic E-state index is 0.453. The molecule has 0 N–H and O–H groups in total. The number of Topliss-reactive ketones (excluding diaryl/α,β-unsaturated/α-hetero) is 1. The van der Waals surface area contributed by atoms with Crippen molar-refractivity contribution in [3.63, 3.8) is 0 Å². The smallest absolute Gasteiger partial charge is 0.132 e. The molecule has 0 fully saturated rings. The van der Waals surface area contributed by atoms with Crippen LogP contribution in [-0.2, 0) is 4.79 Å². The van der Waals surface area contributed by atoms with Gasteiger partial charge in [0.1, 0.15) is 5.78 Å². The van der Waals surface area contributed by atoms with Crippen LogP contribution in [0.1, 0.15) is 59.8 Å². The maximum Gasteiger partial charge on any atom is 0.132 e. The van der Waals surface area contributed by atoms with Gasteiger partial charge in [0, 0.05) is 12.8 Å². The Morgan fingerprint density at radius 3 is 2.08 bits per heavy atom. The lowest BCUT2D eigenvalue weighted by molar-refractivity contribution is -0.119. The van der Waals surface area contributed by atoms with Crippen molar-refractivity contribution in [1.29, 1.82) is 0 Å². The zero-order valence-electron chi connectivity index (χ0n) is 9.60. The first kappa shape index (κ1) is 12.7. The summed E-state index contributed by atoms with van der Waals surface area (Å²) in [7, 11) is 0. The molecule has 0 saturated carbocycles. The Morgan fingerprint density at radius 2 is 1.62 bits per heavy atom. The number of carbonyl (C=O) groups is 1. The highest BCUT2D eigenvalue weighted by Gasteiger charge is 2.06. The predicted octanol–water partition coefficient (Wildman–Crippen LogP) is 3.82. The van der Waals surface area contributed by atoms with E-state index in [4.69, 9.17) is 0 Å². The molecule has 0 amide bonds. The van der Waals surface area contributed by atoms with Crippen LogP contribution in [0.25, 0.3) is 0 Å². The molecule has 0 aliphatic carbocycles. The second-order valence-electron chi connectivity index (χ2n) is 4.52. The second kappa shape index (κ2) is 7.11. The number of hydrogen-bond acceptors (Lipinski definition) is 1. The van der Waals surface area contributed by atoms with Crippen molar-refractivity contribution in [3.8, 4) is 0 Å². The molecule has 0 radical (unpaired) electrons. The van der Waals surface area contributed by atoms with Crippen molar-refractivity contribution in [3.05, 3.63) is 0 Å². The summed E-state index contributed by atoms with van der Waals surface area (Å²) in [6.07, 6.45) is 4.90. The molecule has 13 heavy (non-hydrogen) atoms. The first-order valence-corrected chi connectivity index (χ1v) is 5.58. The Hall–Kier alpha value is -0.330. The molecular weight excluding hydrogens is 160 g/mol. The fourth-order valence-electron chi connectivity index (χ4n) is 1.19. The minimum Gasteiger partial charge on any atom is -0.300 e. The molecule has 0 aromatic carbocycles. The molecule has 0 aliphatic heterocycles. The number of ketones is 1. The average Bonchev–Trinajstić information content (AvgIpc) is 2.10. The summed E-state index contributed by atoms with van der Waals surface area (Å²) in [5.74, 6) is 1.82. The molecule has 1 atom stereocenters. The molecule has 0 bridgehead atoms. The molecule has 0 aromatic heterocycles. The molecule has 0 aromatic rings. The van der Waals surface area contributed by atoms with Crippen LogP contribution < -0.4 is 0 Å². The van der Waals surface area contributed by atoms with Crippen molar-refractivity contribution >= 4 is 5.78 Å². The van der Waals surface area contributed by atoms with Gasteiger partial charge in [-0.2, -0.15) is 0 Å². The van der Waals surface area contributed by atoms with Crippen molar-refractivity contribution in [2.75, 3.05) is 0 Å². The highest BCUT2D eigenvalue weighted by atomic mass is 16.1. The topological polar surface area (TPSA) is 17.1 Å². The molecular formula is C12H24O. The van der Waals surface area contributed by atoms with Gasteiger partial charge < -0.3 is 0 Å². The van der Waals surface area contributed by atoms with Gasteiger partial charge in [0.2, 0.25) is 0 Å². The fraction of sp³-hybridized carbons (Fsp3) is 0.917. The minimum atomic E-state index is 0.453. The molecule has 0 unspecified atom stereocenters. The third-order valence-corrected chi connectivity index (χ3v) is 2.61. The Balaban J connectivity index is 3.40. The molecule has 0 rings (SSSR count). The van der Waals surface area contributed by atoms with E-state index in [0.29, 0.717) is 17.6 Å². The zero-order valence-corrected chi connectivity index (χ0v) is 9.60. The first-order chi connectivity index (χ1) is 6.06. The summed E-state index contributed by atoms with van der Waals surface area (Å²) in [5, 5.41) is 0. The molecule has 78 valence electrons. The van der Waals surface area contributed by atoms with Gasteiger partial charge >= 0.3 is 0 Å². The van der Waals surface area contributed by atoms with Gasteiger partial charge in [0.05, 0.1) is 0 Å². The van der Waals surface area contributed by atoms with Crippen molar-refractivity contribution in [1.82, 2.24) is 0 Å². The first-order valence-electron chi connectivity index (χ1n) is 5.58. The lowest BCUT2D eigenvalue weighted by Crippen LogP contribution is -2.03. The van der Waals surface area contributed by atoms with Crippen LogP contribution in [-0.4, -0.2) is 5.78 Å².